The van der Waals surface area contributed by atoms with Crippen LogP contribution in [0, 0.1) is 0 Å². The highest BCUT2D eigenvalue weighted by Crippen LogP contribution is 2.14. The number of nitrogens with zero attached hydrogens (tertiary/aromatic N) is 2. The molecule has 0 unspecified atom stereocenters. The molecule has 0 atom stereocenters. The lowest BCUT2D eigenvalue weighted by Crippen LogP contribution is -2.50. The minimum absolute atomic E-state index is 0.0330. The first-order valence-corrected chi connectivity index (χ1v) is 7.19. The van der Waals surface area contributed by atoms with Gasteiger partial charge in [0, 0.05) is 39.3 Å². The third-order valence-corrected chi connectivity index (χ3v) is 3.81. The van der Waals surface area contributed by atoms with Gasteiger partial charge in [-0.2, -0.15) is 0 Å². The minimum Gasteiger partial charge on any atom is -0.480 e. The fourth-order valence-corrected chi connectivity index (χ4v) is 2.62. The monoisotopic (exact) mass is 285 g/mol. The second kappa shape index (κ2) is 7.56. The molecule has 2 aliphatic rings. The summed E-state index contributed by atoms with van der Waals surface area (Å²) in [4.78, 5) is 26.6. The number of likely N-dealkylation sites (tertiary alicyclic amines) is 1. The molecule has 0 bridgehead atoms. The van der Waals surface area contributed by atoms with Crippen molar-refractivity contribution in [2.75, 3.05) is 52.4 Å². The van der Waals surface area contributed by atoms with Crippen LogP contribution >= 0.6 is 0 Å². The van der Waals surface area contributed by atoms with Gasteiger partial charge in [0.1, 0.15) is 6.61 Å². The number of hydrogen-bond acceptors (Lipinski definition) is 5. The van der Waals surface area contributed by atoms with E-state index in [2.05, 4.69) is 10.2 Å². The summed E-state index contributed by atoms with van der Waals surface area (Å²) in [6.07, 6.45) is 1.41. The van der Waals surface area contributed by atoms with E-state index >= 15 is 0 Å². The van der Waals surface area contributed by atoms with Gasteiger partial charge in [-0.3, -0.25) is 9.69 Å². The standard InChI is InChI=1S/C13H23N3O4/c17-12(9-15-7-3-14-4-8-15)16-5-1-11(2-6-16)20-10-13(18)19/h11,14H,1-10H2,(H,18,19). The molecular formula is C13H23N3O4. The molecule has 0 aliphatic carbocycles. The molecule has 0 radical (unpaired) electrons. The highest BCUT2D eigenvalue weighted by Gasteiger charge is 2.25. The molecule has 2 saturated heterocycles. The van der Waals surface area contributed by atoms with Gasteiger partial charge >= 0.3 is 5.97 Å². The summed E-state index contributed by atoms with van der Waals surface area (Å²) < 4.78 is 5.27. The van der Waals surface area contributed by atoms with Gasteiger partial charge < -0.3 is 20.1 Å². The summed E-state index contributed by atoms with van der Waals surface area (Å²) in [5, 5.41) is 11.8. The second-order valence-electron chi connectivity index (χ2n) is 5.31. The quantitative estimate of drug-likeness (QED) is 0.673. The van der Waals surface area contributed by atoms with Gasteiger partial charge in [0.25, 0.3) is 0 Å². The van der Waals surface area contributed by atoms with Crippen molar-refractivity contribution < 1.29 is 19.4 Å². The van der Waals surface area contributed by atoms with Gasteiger partial charge in [0.15, 0.2) is 0 Å². The Morgan fingerprint density at radius 1 is 1.15 bits per heavy atom. The van der Waals surface area contributed by atoms with E-state index in [9.17, 15) is 9.59 Å². The van der Waals surface area contributed by atoms with E-state index in [0.29, 0.717) is 19.6 Å². The molecule has 0 saturated carbocycles. The van der Waals surface area contributed by atoms with E-state index in [1.54, 1.807) is 0 Å². The van der Waals surface area contributed by atoms with Gasteiger partial charge in [-0.1, -0.05) is 0 Å². The number of amides is 1. The Balaban J connectivity index is 1.67. The molecule has 0 spiro atoms. The Morgan fingerprint density at radius 2 is 1.80 bits per heavy atom. The number of ether oxygens (including phenoxy) is 1. The van der Waals surface area contributed by atoms with Crippen molar-refractivity contribution in [3.05, 3.63) is 0 Å². The minimum atomic E-state index is -0.942. The van der Waals surface area contributed by atoms with Crippen molar-refractivity contribution in [3.63, 3.8) is 0 Å². The number of piperazine rings is 1. The molecule has 1 amide bonds. The maximum Gasteiger partial charge on any atom is 0.329 e. The topological polar surface area (TPSA) is 82.1 Å². The van der Waals surface area contributed by atoms with Gasteiger partial charge in [-0.15, -0.1) is 0 Å². The Labute approximate surface area is 118 Å². The molecule has 2 aliphatic heterocycles. The van der Waals surface area contributed by atoms with Crippen molar-refractivity contribution >= 4 is 11.9 Å². The summed E-state index contributed by atoms with van der Waals surface area (Å²) in [7, 11) is 0. The lowest BCUT2D eigenvalue weighted by Gasteiger charge is -2.34. The van der Waals surface area contributed by atoms with Gasteiger partial charge in [-0.25, -0.2) is 4.79 Å². The third kappa shape index (κ3) is 4.73. The van der Waals surface area contributed by atoms with Gasteiger partial charge in [0.2, 0.25) is 5.91 Å². The summed E-state index contributed by atoms with van der Waals surface area (Å²) in [5.41, 5.74) is 0. The number of rotatable bonds is 5. The highest BCUT2D eigenvalue weighted by molar-refractivity contribution is 5.78. The smallest absolute Gasteiger partial charge is 0.329 e. The zero-order valence-corrected chi connectivity index (χ0v) is 11.7. The van der Waals surface area contributed by atoms with E-state index in [4.69, 9.17) is 9.84 Å². The predicted octanol–water partition coefficient (Wildman–Crippen LogP) is -1.02. The maximum absolute atomic E-state index is 12.2. The van der Waals surface area contributed by atoms with Crippen molar-refractivity contribution in [1.29, 1.82) is 0 Å². The number of piperidine rings is 1. The first-order valence-electron chi connectivity index (χ1n) is 7.19. The molecule has 114 valence electrons. The average Bonchev–Trinajstić information content (AvgIpc) is 2.46. The van der Waals surface area contributed by atoms with Gasteiger partial charge in [0.05, 0.1) is 12.6 Å². The van der Waals surface area contributed by atoms with E-state index in [0.717, 1.165) is 39.0 Å². The fraction of sp³-hybridized carbons (Fsp3) is 0.846. The van der Waals surface area contributed by atoms with Crippen molar-refractivity contribution in [2.45, 2.75) is 18.9 Å². The van der Waals surface area contributed by atoms with Crippen molar-refractivity contribution in [2.24, 2.45) is 0 Å². The van der Waals surface area contributed by atoms with Crippen LogP contribution in [0.3, 0.4) is 0 Å². The lowest BCUT2D eigenvalue weighted by molar-refractivity contribution is -0.147. The number of nitrogens with one attached hydrogen (secondary N) is 1. The number of aliphatic carboxylic acids is 1. The fourth-order valence-electron chi connectivity index (χ4n) is 2.62. The molecular weight excluding hydrogens is 262 g/mol. The molecule has 2 rings (SSSR count). The lowest BCUT2D eigenvalue weighted by atomic mass is 10.1. The molecule has 0 aromatic carbocycles. The summed E-state index contributed by atoms with van der Waals surface area (Å²) in [6, 6.07) is 0. The number of carboxylic acid groups (broad SMARTS) is 1. The zero-order chi connectivity index (χ0) is 14.4. The Hall–Kier alpha value is -1.18. The molecule has 7 heteroatoms. The van der Waals surface area contributed by atoms with E-state index in [-0.39, 0.29) is 18.6 Å². The number of carbonyl (C=O) groups excluding carboxylic acids is 1. The number of carbonyl (C=O) groups is 2. The molecule has 2 heterocycles. The maximum atomic E-state index is 12.2. The van der Waals surface area contributed by atoms with Crippen LogP contribution in [-0.4, -0.2) is 85.3 Å². The Morgan fingerprint density at radius 3 is 2.40 bits per heavy atom. The van der Waals surface area contributed by atoms with Crippen LogP contribution < -0.4 is 5.32 Å². The van der Waals surface area contributed by atoms with Crippen molar-refractivity contribution in [1.82, 2.24) is 15.1 Å². The summed E-state index contributed by atoms with van der Waals surface area (Å²) in [6.45, 7) is 5.29. The first-order chi connectivity index (χ1) is 9.65. The van der Waals surface area contributed by atoms with Crippen LogP contribution in [0.4, 0.5) is 0 Å². The average molecular weight is 285 g/mol. The van der Waals surface area contributed by atoms with Crippen LogP contribution in [0.15, 0.2) is 0 Å². The van der Waals surface area contributed by atoms with Crippen LogP contribution in [0.1, 0.15) is 12.8 Å². The Kier molecular flexibility index (Phi) is 5.75. The molecule has 20 heavy (non-hydrogen) atoms. The van der Waals surface area contributed by atoms with E-state index in [1.165, 1.54) is 0 Å². The predicted molar refractivity (Wildman–Crippen MR) is 72.5 cm³/mol. The number of carboxylic acids is 1. The summed E-state index contributed by atoms with van der Waals surface area (Å²) >= 11 is 0. The van der Waals surface area contributed by atoms with Crippen LogP contribution in [0.5, 0.6) is 0 Å². The van der Waals surface area contributed by atoms with Crippen LogP contribution in [-0.2, 0) is 14.3 Å². The molecule has 2 N–H and O–H groups in total. The second-order valence-corrected chi connectivity index (χ2v) is 5.31. The molecule has 7 nitrogen and oxygen atoms in total. The normalized spacial score (nSPS) is 21.9. The number of hydrogen-bond donors (Lipinski definition) is 2. The zero-order valence-electron chi connectivity index (χ0n) is 11.7. The van der Waals surface area contributed by atoms with Crippen LogP contribution in [0.25, 0.3) is 0 Å². The largest absolute Gasteiger partial charge is 0.480 e. The molecule has 0 aromatic heterocycles. The summed E-state index contributed by atoms with van der Waals surface area (Å²) in [5.74, 6) is -0.772. The molecule has 2 fully saturated rings. The van der Waals surface area contributed by atoms with E-state index in [1.807, 2.05) is 4.90 Å². The van der Waals surface area contributed by atoms with Crippen molar-refractivity contribution in [3.8, 4) is 0 Å². The highest BCUT2D eigenvalue weighted by atomic mass is 16.5. The first kappa shape index (κ1) is 15.2. The SMILES string of the molecule is O=C(O)COC1CCN(C(=O)CN2CCNCC2)CC1. The Bertz CT molecular complexity index is 337. The third-order valence-electron chi connectivity index (χ3n) is 3.81. The van der Waals surface area contributed by atoms with Crippen LogP contribution in [0.2, 0.25) is 0 Å². The van der Waals surface area contributed by atoms with Gasteiger partial charge in [-0.05, 0) is 12.8 Å². The molecule has 0 aromatic rings. The van der Waals surface area contributed by atoms with E-state index < -0.39 is 5.97 Å².